The Bertz CT molecular complexity index is 1510. The van der Waals surface area contributed by atoms with Gasteiger partial charge >= 0.3 is 5.97 Å². The minimum Gasteiger partial charge on any atom is -0.462 e. The summed E-state index contributed by atoms with van der Waals surface area (Å²) in [5, 5.41) is 10.6. The lowest BCUT2D eigenvalue weighted by Crippen LogP contribution is -2.42. The molecule has 52 heavy (non-hydrogen) atoms. The second-order valence-electron chi connectivity index (χ2n) is 14.1. The number of hydrogen-bond acceptors (Lipinski definition) is 7. The van der Waals surface area contributed by atoms with Crippen LogP contribution in [0, 0.1) is 0 Å². The van der Waals surface area contributed by atoms with E-state index in [-0.39, 0.29) is 36.9 Å². The molecule has 1 aliphatic heterocycles. The average molecular weight is 714 g/mol. The number of aliphatic hydroxyl groups excluding tert-OH is 1. The van der Waals surface area contributed by atoms with Gasteiger partial charge in [-0.25, -0.2) is 0 Å². The molecule has 9 heteroatoms. The number of nitrogens with zero attached hydrogens (tertiary/aromatic N) is 3. The number of benzene rings is 3. The number of esters is 1. The number of likely N-dealkylation sites (N-methyl/N-ethyl adjacent to an activating group) is 2. The fraction of sp³-hybridized carbons (Fsp3) is 0.512. The number of rotatable bonds is 21. The van der Waals surface area contributed by atoms with Crippen molar-refractivity contribution in [3.05, 3.63) is 95.6 Å². The number of carbonyl (C=O) groups is 3. The number of aryl methyl sites for hydroxylation is 1. The van der Waals surface area contributed by atoms with Gasteiger partial charge < -0.3 is 29.3 Å². The molecule has 4 rings (SSSR count). The van der Waals surface area contributed by atoms with Gasteiger partial charge in [0.1, 0.15) is 12.7 Å². The minimum absolute atomic E-state index is 0.0559. The van der Waals surface area contributed by atoms with Crippen LogP contribution in [-0.4, -0.2) is 104 Å². The molecule has 1 heterocycles. The zero-order valence-corrected chi connectivity index (χ0v) is 31.5. The van der Waals surface area contributed by atoms with Crippen LogP contribution in [0.5, 0.6) is 0 Å². The van der Waals surface area contributed by atoms with E-state index in [1.54, 1.807) is 11.9 Å². The Hall–Kier alpha value is -4.05. The largest absolute Gasteiger partial charge is 0.462 e. The summed E-state index contributed by atoms with van der Waals surface area (Å²) in [6, 6.07) is 26.3. The van der Waals surface area contributed by atoms with Gasteiger partial charge in [-0.1, -0.05) is 91.7 Å². The number of ether oxygens (including phenoxy) is 2. The summed E-state index contributed by atoms with van der Waals surface area (Å²) in [5.41, 5.74) is 5.30. The lowest BCUT2D eigenvalue weighted by molar-refractivity contribution is -0.150. The zero-order chi connectivity index (χ0) is 37.1. The third-order valence-electron chi connectivity index (χ3n) is 10.1. The number of aliphatic hydroxyl groups is 1. The van der Waals surface area contributed by atoms with E-state index in [2.05, 4.69) is 35.2 Å². The van der Waals surface area contributed by atoms with Crippen LogP contribution in [0.1, 0.15) is 80.6 Å². The van der Waals surface area contributed by atoms with E-state index in [0.29, 0.717) is 25.9 Å². The van der Waals surface area contributed by atoms with Crippen molar-refractivity contribution in [2.45, 2.75) is 82.8 Å². The molecule has 3 aromatic rings. The molecule has 1 aliphatic rings. The normalized spacial score (nSPS) is 14.2. The van der Waals surface area contributed by atoms with E-state index in [1.807, 2.05) is 60.5 Å². The number of carbonyl (C=O) groups excluding carboxylic acids is 3. The van der Waals surface area contributed by atoms with E-state index in [0.717, 1.165) is 93.3 Å². The average Bonchev–Trinajstić information content (AvgIpc) is 3.16. The van der Waals surface area contributed by atoms with Gasteiger partial charge in [0, 0.05) is 60.3 Å². The van der Waals surface area contributed by atoms with Crippen molar-refractivity contribution in [3.8, 4) is 11.1 Å². The number of amides is 2. The van der Waals surface area contributed by atoms with Crippen LogP contribution in [0.3, 0.4) is 0 Å². The van der Waals surface area contributed by atoms with E-state index in [9.17, 15) is 19.5 Å². The highest BCUT2D eigenvalue weighted by atomic mass is 16.5. The quantitative estimate of drug-likeness (QED) is 0.0998. The fourth-order valence-electron chi connectivity index (χ4n) is 6.73. The van der Waals surface area contributed by atoms with Crippen LogP contribution >= 0.6 is 0 Å². The smallest absolute Gasteiger partial charge is 0.310 e. The lowest BCUT2D eigenvalue weighted by Gasteiger charge is -2.32. The minimum atomic E-state index is -0.542. The molecule has 1 fully saturated rings. The van der Waals surface area contributed by atoms with Crippen molar-refractivity contribution in [2.24, 2.45) is 0 Å². The van der Waals surface area contributed by atoms with Gasteiger partial charge in [-0.3, -0.25) is 14.4 Å². The number of hydrogen-bond donors (Lipinski definition) is 1. The maximum Gasteiger partial charge on any atom is 0.310 e. The predicted octanol–water partition coefficient (Wildman–Crippen LogP) is 6.47. The van der Waals surface area contributed by atoms with E-state index < -0.39 is 6.10 Å². The number of methoxy groups -OCH3 is 1. The SMILES string of the molecule is COCC(=O)N(C)CCCC(O)c1ccc(CCCCCCC(=O)N(C)CCN2CCC(OC(=O)Cc3ccccc3-c3ccccc3)CC2)cc1. The molecule has 1 saturated heterocycles. The van der Waals surface area contributed by atoms with Crippen molar-refractivity contribution in [3.63, 3.8) is 0 Å². The maximum absolute atomic E-state index is 12.8. The van der Waals surface area contributed by atoms with Crippen molar-refractivity contribution >= 4 is 17.8 Å². The Balaban J connectivity index is 1.02. The zero-order valence-electron chi connectivity index (χ0n) is 31.5. The van der Waals surface area contributed by atoms with E-state index in [4.69, 9.17) is 9.47 Å². The predicted molar refractivity (Wildman–Crippen MR) is 206 cm³/mol. The monoisotopic (exact) mass is 713 g/mol. The van der Waals surface area contributed by atoms with Crippen LogP contribution < -0.4 is 0 Å². The molecular weight excluding hydrogens is 654 g/mol. The highest BCUT2D eigenvalue weighted by Gasteiger charge is 2.23. The van der Waals surface area contributed by atoms with E-state index in [1.165, 1.54) is 12.7 Å². The molecule has 282 valence electrons. The van der Waals surface area contributed by atoms with Gasteiger partial charge in [0.15, 0.2) is 0 Å². The molecule has 1 N–H and O–H groups in total. The van der Waals surface area contributed by atoms with Crippen molar-refractivity contribution in [1.82, 2.24) is 14.7 Å². The first-order chi connectivity index (χ1) is 25.2. The molecule has 0 radical (unpaired) electrons. The maximum atomic E-state index is 12.8. The summed E-state index contributed by atoms with van der Waals surface area (Å²) in [7, 11) is 5.16. The van der Waals surface area contributed by atoms with Crippen molar-refractivity contribution in [2.75, 3.05) is 60.5 Å². The summed E-state index contributed by atoms with van der Waals surface area (Å²) in [6.07, 6.45) is 8.24. The molecule has 0 aliphatic carbocycles. The molecule has 2 amide bonds. The highest BCUT2D eigenvalue weighted by Crippen LogP contribution is 2.25. The Morgan fingerprint density at radius 3 is 2.21 bits per heavy atom. The Morgan fingerprint density at radius 2 is 1.48 bits per heavy atom. The van der Waals surface area contributed by atoms with Gasteiger partial charge in [-0.05, 0) is 72.8 Å². The Labute approximate surface area is 310 Å². The number of likely N-dealkylation sites (tertiary alicyclic amines) is 1. The first kappa shape index (κ1) is 40.7. The molecule has 3 aromatic carbocycles. The Kier molecular flexibility index (Phi) is 17.3. The second-order valence-corrected chi connectivity index (χ2v) is 14.1. The third-order valence-corrected chi connectivity index (χ3v) is 10.1. The van der Waals surface area contributed by atoms with Gasteiger partial charge in [0.05, 0.1) is 12.5 Å². The molecule has 0 saturated carbocycles. The van der Waals surface area contributed by atoms with Crippen molar-refractivity contribution < 1.29 is 29.0 Å². The molecule has 1 atom stereocenters. The topological polar surface area (TPSA) is 99.6 Å². The van der Waals surface area contributed by atoms with Crippen LogP contribution in [0.4, 0.5) is 0 Å². The molecular formula is C43H59N3O6. The molecule has 0 aromatic heterocycles. The lowest BCUT2D eigenvalue weighted by atomic mass is 9.98. The van der Waals surface area contributed by atoms with Crippen molar-refractivity contribution in [1.29, 1.82) is 0 Å². The first-order valence-corrected chi connectivity index (χ1v) is 19.0. The highest BCUT2D eigenvalue weighted by molar-refractivity contribution is 5.78. The summed E-state index contributed by atoms with van der Waals surface area (Å²) in [6.45, 7) is 3.92. The number of unbranched alkanes of at least 4 members (excludes halogenated alkanes) is 3. The molecule has 0 bridgehead atoms. The second kappa shape index (κ2) is 22.1. The molecule has 0 spiro atoms. The molecule has 1 unspecified atom stereocenters. The first-order valence-electron chi connectivity index (χ1n) is 19.0. The summed E-state index contributed by atoms with van der Waals surface area (Å²) >= 11 is 0. The third kappa shape index (κ3) is 13.8. The van der Waals surface area contributed by atoms with Gasteiger partial charge in [0.2, 0.25) is 11.8 Å². The summed E-state index contributed by atoms with van der Waals surface area (Å²) in [4.78, 5) is 43.3. The van der Waals surface area contributed by atoms with Crippen LogP contribution in [0.2, 0.25) is 0 Å². The molecule has 9 nitrogen and oxygen atoms in total. The van der Waals surface area contributed by atoms with Crippen LogP contribution in [-0.2, 0) is 36.7 Å². The van der Waals surface area contributed by atoms with E-state index >= 15 is 0 Å². The number of piperidine rings is 1. The Morgan fingerprint density at radius 1 is 0.808 bits per heavy atom. The standard InChI is InChI=1S/C43H59N3O6/c1-44(42(49)33-51-3)27-13-19-40(47)36-23-21-34(22-24-36)14-7-4-5-10-20-41(48)45(2)30-31-46-28-25-38(26-29-46)52-43(50)32-37-17-11-12-18-39(37)35-15-8-6-9-16-35/h6,8-9,11-12,15-18,21-24,38,40,47H,4-5,7,10,13-14,19-20,25-33H2,1-3H3. The van der Waals surface area contributed by atoms with Gasteiger partial charge in [-0.15, -0.1) is 0 Å². The van der Waals surface area contributed by atoms with Crippen LogP contribution in [0.15, 0.2) is 78.9 Å². The van der Waals surface area contributed by atoms with Crippen LogP contribution in [0.25, 0.3) is 11.1 Å². The fourth-order valence-corrected chi connectivity index (χ4v) is 6.73. The summed E-state index contributed by atoms with van der Waals surface area (Å²) in [5.74, 6) is -0.0369. The summed E-state index contributed by atoms with van der Waals surface area (Å²) < 4.78 is 10.8. The van der Waals surface area contributed by atoms with Gasteiger partial charge in [0.25, 0.3) is 0 Å². The van der Waals surface area contributed by atoms with Gasteiger partial charge in [-0.2, -0.15) is 0 Å².